The number of nitrogens with zero attached hydrogens (tertiary/aromatic N) is 2. The van der Waals surface area contributed by atoms with Crippen molar-refractivity contribution >= 4 is 38.9 Å². The van der Waals surface area contributed by atoms with E-state index in [1.807, 2.05) is 24.3 Å². The summed E-state index contributed by atoms with van der Waals surface area (Å²) in [5, 5.41) is 9.09. The van der Waals surface area contributed by atoms with Gasteiger partial charge in [-0.1, -0.05) is 42.5 Å². The summed E-state index contributed by atoms with van der Waals surface area (Å²) in [6, 6.07) is 24.9. The number of carbonyl (C=O) groups is 1. The molecule has 1 amide bonds. The average molecular weight is 408 g/mol. The number of hydrogen-bond acceptors (Lipinski definition) is 4. The van der Waals surface area contributed by atoms with Gasteiger partial charge in [0.2, 0.25) is 0 Å². The van der Waals surface area contributed by atoms with E-state index in [1.54, 1.807) is 36.5 Å². The minimum Gasteiger partial charge on any atom is -0.383 e. The van der Waals surface area contributed by atoms with Crippen LogP contribution in [0.25, 0.3) is 27.3 Å². The quantitative estimate of drug-likeness (QED) is 0.342. The molecule has 0 saturated carbocycles. The number of para-hydroxylation sites is 1. The van der Waals surface area contributed by atoms with Crippen molar-refractivity contribution in [1.82, 2.24) is 14.7 Å². The van der Waals surface area contributed by atoms with E-state index in [2.05, 4.69) is 39.9 Å². The van der Waals surface area contributed by atoms with Crippen LogP contribution < -0.4 is 16.2 Å². The molecule has 0 spiro atoms. The summed E-state index contributed by atoms with van der Waals surface area (Å²) in [7, 11) is 0. The fraction of sp³-hybridized carbons (Fsp3) is 0.0800. The molecule has 3 aromatic carbocycles. The summed E-state index contributed by atoms with van der Waals surface area (Å²) in [6.07, 6.45) is 1.54. The zero-order valence-corrected chi connectivity index (χ0v) is 16.7. The van der Waals surface area contributed by atoms with Gasteiger partial charge in [0.05, 0.1) is 16.5 Å². The highest BCUT2D eigenvalue weighted by Crippen LogP contribution is 2.18. The van der Waals surface area contributed by atoms with Gasteiger partial charge in [-0.15, -0.1) is 0 Å². The Morgan fingerprint density at radius 1 is 0.871 bits per heavy atom. The van der Waals surface area contributed by atoms with E-state index in [9.17, 15) is 9.59 Å². The molecular weight excluding hydrogens is 388 g/mol. The normalized spacial score (nSPS) is 11.1. The van der Waals surface area contributed by atoms with Crippen molar-refractivity contribution in [2.45, 2.75) is 0 Å². The van der Waals surface area contributed by atoms with Gasteiger partial charge in [-0.3, -0.25) is 14.0 Å². The highest BCUT2D eigenvalue weighted by Gasteiger charge is 2.09. The van der Waals surface area contributed by atoms with Gasteiger partial charge in [-0.05, 0) is 47.2 Å². The van der Waals surface area contributed by atoms with Crippen LogP contribution in [0.1, 0.15) is 10.4 Å². The third-order valence-electron chi connectivity index (χ3n) is 5.27. The van der Waals surface area contributed by atoms with Crippen molar-refractivity contribution in [3.05, 3.63) is 101 Å². The predicted octanol–water partition coefficient (Wildman–Crippen LogP) is 3.84. The van der Waals surface area contributed by atoms with Gasteiger partial charge in [0.1, 0.15) is 5.65 Å². The Morgan fingerprint density at radius 2 is 1.68 bits per heavy atom. The summed E-state index contributed by atoms with van der Waals surface area (Å²) in [6.45, 7) is 1.04. The molecule has 0 saturated heterocycles. The fourth-order valence-electron chi connectivity index (χ4n) is 3.67. The highest BCUT2D eigenvalue weighted by molar-refractivity contribution is 5.94. The molecule has 0 aliphatic heterocycles. The van der Waals surface area contributed by atoms with E-state index in [4.69, 9.17) is 0 Å². The Hall–Kier alpha value is -4.19. The number of carbonyl (C=O) groups excluding carboxylic acids is 1. The molecule has 0 atom stereocenters. The summed E-state index contributed by atoms with van der Waals surface area (Å²) in [5.41, 5.74) is 2.39. The van der Waals surface area contributed by atoms with Gasteiger partial charge in [-0.25, -0.2) is 4.98 Å². The molecule has 0 unspecified atom stereocenters. The van der Waals surface area contributed by atoms with Crippen LogP contribution in [0.4, 0.5) is 5.69 Å². The Balaban J connectivity index is 1.27. The van der Waals surface area contributed by atoms with E-state index < -0.39 is 0 Å². The van der Waals surface area contributed by atoms with E-state index in [-0.39, 0.29) is 11.5 Å². The monoisotopic (exact) mass is 408 g/mol. The van der Waals surface area contributed by atoms with Gasteiger partial charge in [0.25, 0.3) is 11.5 Å². The Bertz CT molecular complexity index is 1490. The third kappa shape index (κ3) is 3.71. The van der Waals surface area contributed by atoms with Crippen molar-refractivity contribution in [2.75, 3.05) is 18.4 Å². The highest BCUT2D eigenvalue weighted by atomic mass is 16.1. The lowest BCUT2D eigenvalue weighted by Gasteiger charge is -2.10. The molecule has 0 radical (unpaired) electrons. The van der Waals surface area contributed by atoms with Gasteiger partial charge in [-0.2, -0.15) is 0 Å². The van der Waals surface area contributed by atoms with Crippen LogP contribution in [0.3, 0.4) is 0 Å². The van der Waals surface area contributed by atoms with Gasteiger partial charge in [0.15, 0.2) is 0 Å². The number of aromatic nitrogens is 2. The molecule has 152 valence electrons. The van der Waals surface area contributed by atoms with E-state index in [0.29, 0.717) is 35.2 Å². The topological polar surface area (TPSA) is 75.5 Å². The van der Waals surface area contributed by atoms with Crippen LogP contribution in [-0.2, 0) is 0 Å². The number of anilines is 1. The molecule has 2 aromatic heterocycles. The zero-order valence-electron chi connectivity index (χ0n) is 16.7. The summed E-state index contributed by atoms with van der Waals surface area (Å²) >= 11 is 0. The van der Waals surface area contributed by atoms with Crippen molar-refractivity contribution in [2.24, 2.45) is 0 Å². The number of hydrogen-bond donors (Lipinski definition) is 2. The molecular formula is C25H20N4O2. The number of pyridine rings is 1. The lowest BCUT2D eigenvalue weighted by molar-refractivity contribution is 0.0954. The van der Waals surface area contributed by atoms with Gasteiger partial charge < -0.3 is 10.6 Å². The van der Waals surface area contributed by atoms with Crippen molar-refractivity contribution < 1.29 is 4.79 Å². The van der Waals surface area contributed by atoms with Crippen molar-refractivity contribution in [3.63, 3.8) is 0 Å². The Kier molecular flexibility index (Phi) is 4.80. The molecule has 0 bridgehead atoms. The third-order valence-corrected chi connectivity index (χ3v) is 5.27. The van der Waals surface area contributed by atoms with E-state index in [0.717, 1.165) is 5.69 Å². The number of benzene rings is 3. The first-order valence-corrected chi connectivity index (χ1v) is 10.1. The predicted molar refractivity (Wildman–Crippen MR) is 124 cm³/mol. The molecule has 0 aliphatic carbocycles. The molecule has 2 heterocycles. The van der Waals surface area contributed by atoms with Gasteiger partial charge in [0, 0.05) is 25.0 Å². The smallest absolute Gasteiger partial charge is 0.265 e. The summed E-state index contributed by atoms with van der Waals surface area (Å²) in [4.78, 5) is 29.8. The van der Waals surface area contributed by atoms with Crippen molar-refractivity contribution in [1.29, 1.82) is 0 Å². The maximum Gasteiger partial charge on any atom is 0.265 e. The van der Waals surface area contributed by atoms with E-state index in [1.165, 1.54) is 15.2 Å². The molecule has 2 N–H and O–H groups in total. The standard InChI is InChI=1S/C25H20N4O2/c30-24(27-14-13-26-20-11-9-17-5-1-2-6-18(17)15-20)19-10-12-23-28-22-8-4-3-7-21(22)25(31)29(23)16-19/h1-12,15-16,26H,13-14H2,(H,27,30). The molecule has 31 heavy (non-hydrogen) atoms. The molecule has 0 aliphatic rings. The van der Waals surface area contributed by atoms with Crippen LogP contribution in [0, 0.1) is 0 Å². The first-order chi connectivity index (χ1) is 15.2. The maximum absolute atomic E-state index is 12.8. The summed E-state index contributed by atoms with van der Waals surface area (Å²) < 4.78 is 1.42. The van der Waals surface area contributed by atoms with Gasteiger partial charge >= 0.3 is 0 Å². The second-order valence-corrected chi connectivity index (χ2v) is 7.32. The van der Waals surface area contributed by atoms with Crippen LogP contribution in [-0.4, -0.2) is 28.4 Å². The minimum absolute atomic E-state index is 0.187. The zero-order chi connectivity index (χ0) is 21.2. The second kappa shape index (κ2) is 7.91. The molecule has 5 aromatic rings. The molecule has 5 rings (SSSR count). The van der Waals surface area contributed by atoms with E-state index >= 15 is 0 Å². The number of rotatable bonds is 5. The van der Waals surface area contributed by atoms with Crippen LogP contribution in [0.2, 0.25) is 0 Å². The van der Waals surface area contributed by atoms with Crippen molar-refractivity contribution in [3.8, 4) is 0 Å². The maximum atomic E-state index is 12.8. The lowest BCUT2D eigenvalue weighted by Crippen LogP contribution is -2.29. The lowest BCUT2D eigenvalue weighted by atomic mass is 10.1. The molecule has 0 fully saturated rings. The fourth-order valence-corrected chi connectivity index (χ4v) is 3.67. The van der Waals surface area contributed by atoms with Crippen LogP contribution in [0.5, 0.6) is 0 Å². The van der Waals surface area contributed by atoms with Crippen LogP contribution >= 0.6 is 0 Å². The number of nitrogens with one attached hydrogen (secondary N) is 2. The largest absolute Gasteiger partial charge is 0.383 e. The SMILES string of the molecule is O=C(NCCNc1ccc2ccccc2c1)c1ccc2nc3ccccc3c(=O)n2c1. The van der Waals surface area contributed by atoms with Crippen LogP contribution in [0.15, 0.2) is 89.9 Å². The molecule has 6 nitrogen and oxygen atoms in total. The first-order valence-electron chi connectivity index (χ1n) is 10.1. The number of amides is 1. The molecule has 6 heteroatoms. The Morgan fingerprint density at radius 3 is 2.58 bits per heavy atom. The first kappa shape index (κ1) is 18.8. The average Bonchev–Trinajstić information content (AvgIpc) is 2.81. The Labute approximate surface area is 178 Å². The summed E-state index contributed by atoms with van der Waals surface area (Å²) in [5.74, 6) is -0.234. The minimum atomic E-state index is -0.234. The number of fused-ring (bicyclic) bond motifs is 3. The second-order valence-electron chi connectivity index (χ2n) is 7.32.